The third-order valence-corrected chi connectivity index (χ3v) is 6.42. The monoisotopic (exact) mass is 431 g/mol. The van der Waals surface area contributed by atoms with Crippen molar-refractivity contribution in [2.75, 3.05) is 19.1 Å². The van der Waals surface area contributed by atoms with E-state index in [1.165, 1.54) is 19.3 Å². The molecule has 160 valence electrons. The molecule has 5 rings (SSSR count). The summed E-state index contributed by atoms with van der Waals surface area (Å²) in [5.74, 6) is -3.60. The van der Waals surface area contributed by atoms with Crippen molar-refractivity contribution >= 4 is 17.6 Å². The molecule has 1 aliphatic carbocycles. The van der Waals surface area contributed by atoms with Crippen molar-refractivity contribution in [1.29, 1.82) is 0 Å². The molecule has 0 saturated carbocycles. The molecule has 1 heterocycles. The highest BCUT2D eigenvalue weighted by molar-refractivity contribution is 6.13. The zero-order chi connectivity index (χ0) is 22.6. The zero-order valence-electron chi connectivity index (χ0n) is 17.4. The fourth-order valence-electron chi connectivity index (χ4n) is 5.05. The number of esters is 1. The van der Waals surface area contributed by atoms with Gasteiger partial charge in [0.25, 0.3) is 0 Å². The molecule has 6 heteroatoms. The van der Waals surface area contributed by atoms with Gasteiger partial charge in [0, 0.05) is 29.8 Å². The van der Waals surface area contributed by atoms with Crippen molar-refractivity contribution in [2.24, 2.45) is 0 Å². The van der Waals surface area contributed by atoms with Crippen LogP contribution >= 0.6 is 0 Å². The molecule has 0 unspecified atom stereocenters. The number of hydrogen-bond acceptors (Lipinski definition) is 3. The molecule has 2 atom stereocenters. The van der Waals surface area contributed by atoms with Crippen LogP contribution in [0.15, 0.2) is 78.4 Å². The predicted octanol–water partition coefficient (Wildman–Crippen LogP) is 4.47. The number of fused-ring (bicyclic) bond motifs is 4. The first-order valence-corrected chi connectivity index (χ1v) is 10.1. The van der Waals surface area contributed by atoms with Crippen molar-refractivity contribution in [3.05, 3.63) is 112 Å². The largest absolute Gasteiger partial charge is 0.466 e. The molecule has 0 radical (unpaired) electrons. The van der Waals surface area contributed by atoms with Crippen LogP contribution in [-0.2, 0) is 19.7 Å². The van der Waals surface area contributed by atoms with E-state index in [2.05, 4.69) is 0 Å². The Balaban J connectivity index is 1.90. The fourth-order valence-corrected chi connectivity index (χ4v) is 5.05. The maximum absolute atomic E-state index is 14.9. The second-order valence-corrected chi connectivity index (χ2v) is 7.94. The number of nitrogens with zero attached hydrogens (tertiary/aromatic N) is 1. The molecule has 4 nitrogen and oxygen atoms in total. The Hall–Kier alpha value is -3.80. The van der Waals surface area contributed by atoms with Crippen LogP contribution in [0.2, 0.25) is 0 Å². The van der Waals surface area contributed by atoms with Crippen molar-refractivity contribution in [1.82, 2.24) is 0 Å². The SMILES string of the molecule is COC(=O)C1=C[C@]2(C(=O)N(C)c3ccccc32)c2ccccc2[C@@H]1c1c(F)cccc1F. The summed E-state index contributed by atoms with van der Waals surface area (Å²) in [4.78, 5) is 28.2. The molecule has 0 N–H and O–H groups in total. The van der Waals surface area contributed by atoms with E-state index in [1.54, 1.807) is 36.2 Å². The van der Waals surface area contributed by atoms with Crippen LogP contribution in [0, 0.1) is 11.6 Å². The normalized spacial score (nSPS) is 21.2. The summed E-state index contributed by atoms with van der Waals surface area (Å²) >= 11 is 0. The first-order valence-electron chi connectivity index (χ1n) is 10.1. The van der Waals surface area contributed by atoms with E-state index in [0.29, 0.717) is 22.4 Å². The Morgan fingerprint density at radius 3 is 2.25 bits per heavy atom. The van der Waals surface area contributed by atoms with E-state index in [9.17, 15) is 18.4 Å². The number of likely N-dealkylation sites (N-methyl/N-ethyl adjacent to an activating group) is 1. The molecule has 1 spiro atoms. The van der Waals surface area contributed by atoms with Crippen LogP contribution in [0.25, 0.3) is 0 Å². The summed E-state index contributed by atoms with van der Waals surface area (Å²) < 4.78 is 34.9. The van der Waals surface area contributed by atoms with Gasteiger partial charge in [-0.3, -0.25) is 4.79 Å². The lowest BCUT2D eigenvalue weighted by Crippen LogP contribution is -2.42. The lowest BCUT2D eigenvalue weighted by molar-refractivity contribution is -0.136. The fraction of sp³-hybridized carbons (Fsp3) is 0.154. The Morgan fingerprint density at radius 2 is 1.56 bits per heavy atom. The van der Waals surface area contributed by atoms with Gasteiger partial charge in [-0.05, 0) is 41.0 Å². The highest BCUT2D eigenvalue weighted by Crippen LogP contribution is 2.54. The summed E-state index contributed by atoms with van der Waals surface area (Å²) in [6.45, 7) is 0. The van der Waals surface area contributed by atoms with Crippen LogP contribution in [0.5, 0.6) is 0 Å². The minimum Gasteiger partial charge on any atom is -0.466 e. The quantitative estimate of drug-likeness (QED) is 0.563. The van der Waals surface area contributed by atoms with Crippen molar-refractivity contribution in [3.8, 4) is 0 Å². The molecule has 3 aromatic carbocycles. The van der Waals surface area contributed by atoms with Crippen molar-refractivity contribution < 1.29 is 23.1 Å². The van der Waals surface area contributed by atoms with Gasteiger partial charge in [0.15, 0.2) is 0 Å². The van der Waals surface area contributed by atoms with Gasteiger partial charge in [-0.1, -0.05) is 48.5 Å². The second-order valence-electron chi connectivity index (χ2n) is 7.94. The van der Waals surface area contributed by atoms with E-state index in [-0.39, 0.29) is 17.0 Å². The number of benzene rings is 3. The number of anilines is 1. The molecule has 0 bridgehead atoms. The summed E-state index contributed by atoms with van der Waals surface area (Å²) in [6, 6.07) is 17.9. The number of hydrogen-bond donors (Lipinski definition) is 0. The van der Waals surface area contributed by atoms with Gasteiger partial charge in [-0.2, -0.15) is 0 Å². The standard InChI is InChI=1S/C26H19F2NO3/c1-29-21-13-6-5-10-18(21)26(25(29)31)14-16(24(30)32-2)22(15-8-3-4-9-17(15)26)23-19(27)11-7-12-20(23)28/h3-14,22H,1-2H3/t22-,26-/m0/s1. The molecule has 1 aliphatic heterocycles. The molecule has 1 amide bonds. The summed E-state index contributed by atoms with van der Waals surface area (Å²) in [5.41, 5.74) is 0.952. The number of rotatable bonds is 2. The molecular formula is C26H19F2NO3. The molecular weight excluding hydrogens is 412 g/mol. The lowest BCUT2D eigenvalue weighted by Gasteiger charge is -2.37. The topological polar surface area (TPSA) is 46.6 Å². The number of amides is 1. The molecule has 3 aromatic rings. The third kappa shape index (κ3) is 2.52. The van der Waals surface area contributed by atoms with Crippen LogP contribution < -0.4 is 4.90 Å². The molecule has 2 aliphatic rings. The van der Waals surface area contributed by atoms with E-state index in [1.807, 2.05) is 24.3 Å². The lowest BCUT2D eigenvalue weighted by atomic mass is 9.64. The van der Waals surface area contributed by atoms with Gasteiger partial charge >= 0.3 is 5.97 Å². The van der Waals surface area contributed by atoms with Crippen molar-refractivity contribution in [3.63, 3.8) is 0 Å². The van der Waals surface area contributed by atoms with Crippen LogP contribution in [0.1, 0.15) is 28.2 Å². The van der Waals surface area contributed by atoms with Gasteiger partial charge in [0.2, 0.25) is 5.91 Å². The summed E-state index contributed by atoms with van der Waals surface area (Å²) in [6.07, 6.45) is 1.53. The molecule has 0 saturated heterocycles. The van der Waals surface area contributed by atoms with Gasteiger partial charge in [0.1, 0.15) is 17.0 Å². The highest BCUT2D eigenvalue weighted by Gasteiger charge is 2.54. The number of ether oxygens (including phenoxy) is 1. The molecule has 0 aromatic heterocycles. The molecule has 0 fully saturated rings. The molecule has 32 heavy (non-hydrogen) atoms. The Kier molecular flexibility index (Phi) is 4.48. The first kappa shape index (κ1) is 20.1. The van der Waals surface area contributed by atoms with Gasteiger partial charge in [-0.15, -0.1) is 0 Å². The second kappa shape index (κ2) is 7.12. The maximum Gasteiger partial charge on any atom is 0.334 e. The summed E-state index contributed by atoms with van der Waals surface area (Å²) in [7, 11) is 2.88. The van der Waals surface area contributed by atoms with Crippen LogP contribution in [-0.4, -0.2) is 26.0 Å². The predicted molar refractivity (Wildman–Crippen MR) is 115 cm³/mol. The number of methoxy groups -OCH3 is 1. The minimum absolute atomic E-state index is 0.0219. The highest BCUT2D eigenvalue weighted by atomic mass is 19.1. The number of carbonyl (C=O) groups is 2. The van der Waals surface area contributed by atoms with E-state index in [0.717, 1.165) is 12.1 Å². The average Bonchev–Trinajstić information content (AvgIpc) is 3.02. The average molecular weight is 431 g/mol. The smallest absolute Gasteiger partial charge is 0.334 e. The third-order valence-electron chi connectivity index (χ3n) is 6.42. The van der Waals surface area contributed by atoms with E-state index in [4.69, 9.17) is 4.74 Å². The number of carbonyl (C=O) groups excluding carboxylic acids is 2. The number of halogens is 2. The Bertz CT molecular complexity index is 1300. The zero-order valence-corrected chi connectivity index (χ0v) is 17.4. The maximum atomic E-state index is 14.9. The van der Waals surface area contributed by atoms with Gasteiger partial charge < -0.3 is 9.64 Å². The van der Waals surface area contributed by atoms with Gasteiger partial charge in [0.05, 0.1) is 7.11 Å². The van der Waals surface area contributed by atoms with Crippen LogP contribution in [0.3, 0.4) is 0 Å². The van der Waals surface area contributed by atoms with Gasteiger partial charge in [-0.25, -0.2) is 13.6 Å². The van der Waals surface area contributed by atoms with Crippen LogP contribution in [0.4, 0.5) is 14.5 Å². The number of para-hydroxylation sites is 1. The Morgan fingerprint density at radius 1 is 0.938 bits per heavy atom. The Labute approximate surface area is 183 Å². The minimum atomic E-state index is -1.30. The van der Waals surface area contributed by atoms with E-state index >= 15 is 0 Å². The van der Waals surface area contributed by atoms with E-state index < -0.39 is 28.9 Å². The first-order chi connectivity index (χ1) is 15.4. The summed E-state index contributed by atoms with van der Waals surface area (Å²) in [5, 5.41) is 0. The van der Waals surface area contributed by atoms with Crippen molar-refractivity contribution in [2.45, 2.75) is 11.3 Å².